The van der Waals surface area contributed by atoms with Crippen LogP contribution in [0.1, 0.15) is 45.7 Å². The average molecular weight is 440 g/mol. The molecule has 0 aliphatic heterocycles. The molecule has 0 radical (unpaired) electrons. The molecular weight excluding hydrogens is 402 g/mol. The lowest BCUT2D eigenvalue weighted by Crippen LogP contribution is -2.56. The van der Waals surface area contributed by atoms with Crippen molar-refractivity contribution in [2.45, 2.75) is 59.7 Å². The van der Waals surface area contributed by atoms with E-state index in [1.54, 1.807) is 4.90 Å². The Bertz CT molecular complexity index is 856. The number of benzene rings is 2. The first kappa shape index (κ1) is 25.4. The van der Waals surface area contributed by atoms with Gasteiger partial charge in [-0.1, -0.05) is 63.2 Å². The molecule has 3 N–H and O–H groups in total. The van der Waals surface area contributed by atoms with Gasteiger partial charge in [0, 0.05) is 19.5 Å². The molecule has 2 unspecified atom stereocenters. The SMILES string of the molecule is CCN(CC)C(=O)C(Cc1ccc(OCc2ccccc2)cc1)NC(=O)C(N)C(C)(C)C. The highest BCUT2D eigenvalue weighted by Crippen LogP contribution is 2.19. The van der Waals surface area contributed by atoms with Crippen molar-refractivity contribution in [3.8, 4) is 5.75 Å². The van der Waals surface area contributed by atoms with Crippen LogP contribution in [0.15, 0.2) is 54.6 Å². The molecule has 0 heterocycles. The van der Waals surface area contributed by atoms with Crippen LogP contribution in [0, 0.1) is 5.41 Å². The number of rotatable bonds is 10. The van der Waals surface area contributed by atoms with E-state index in [2.05, 4.69) is 5.32 Å². The molecule has 0 saturated carbocycles. The lowest BCUT2D eigenvalue weighted by molar-refractivity contribution is -0.137. The van der Waals surface area contributed by atoms with Gasteiger partial charge in [0.15, 0.2) is 0 Å². The summed E-state index contributed by atoms with van der Waals surface area (Å²) in [7, 11) is 0. The van der Waals surface area contributed by atoms with Crippen molar-refractivity contribution >= 4 is 11.8 Å². The Balaban J connectivity index is 2.10. The first-order chi connectivity index (χ1) is 15.2. The predicted molar refractivity (Wildman–Crippen MR) is 128 cm³/mol. The molecular formula is C26H37N3O3. The lowest BCUT2D eigenvalue weighted by Gasteiger charge is -2.30. The summed E-state index contributed by atoms with van der Waals surface area (Å²) in [4.78, 5) is 27.6. The summed E-state index contributed by atoms with van der Waals surface area (Å²) in [6.45, 7) is 11.2. The fourth-order valence-corrected chi connectivity index (χ4v) is 3.31. The van der Waals surface area contributed by atoms with Gasteiger partial charge in [0.1, 0.15) is 18.4 Å². The smallest absolute Gasteiger partial charge is 0.245 e. The third kappa shape index (κ3) is 7.38. The lowest BCUT2D eigenvalue weighted by atomic mass is 9.86. The second-order valence-corrected chi connectivity index (χ2v) is 9.04. The van der Waals surface area contributed by atoms with Gasteiger partial charge in [0.25, 0.3) is 0 Å². The Morgan fingerprint density at radius 1 is 0.969 bits per heavy atom. The number of nitrogens with zero attached hydrogens (tertiary/aromatic N) is 1. The quantitative estimate of drug-likeness (QED) is 0.593. The maximum atomic E-state index is 13.1. The molecule has 2 aromatic carbocycles. The first-order valence-electron chi connectivity index (χ1n) is 11.3. The molecule has 0 fully saturated rings. The number of likely N-dealkylation sites (N-methyl/N-ethyl adjacent to an activating group) is 1. The van der Waals surface area contributed by atoms with E-state index in [0.29, 0.717) is 26.1 Å². The number of hydrogen-bond donors (Lipinski definition) is 2. The van der Waals surface area contributed by atoms with Gasteiger partial charge in [-0.25, -0.2) is 0 Å². The molecule has 32 heavy (non-hydrogen) atoms. The molecule has 0 aliphatic rings. The summed E-state index contributed by atoms with van der Waals surface area (Å²) in [6, 6.07) is 16.2. The second-order valence-electron chi connectivity index (χ2n) is 9.04. The van der Waals surface area contributed by atoms with Gasteiger partial charge in [-0.05, 0) is 42.5 Å². The van der Waals surface area contributed by atoms with Crippen LogP contribution in [0.4, 0.5) is 0 Å². The fraction of sp³-hybridized carbons (Fsp3) is 0.462. The van der Waals surface area contributed by atoms with Gasteiger partial charge in [-0.3, -0.25) is 9.59 Å². The number of amides is 2. The zero-order valence-electron chi connectivity index (χ0n) is 19.9. The minimum absolute atomic E-state index is 0.103. The normalized spacial score (nSPS) is 13.2. The van der Waals surface area contributed by atoms with Crippen molar-refractivity contribution in [2.75, 3.05) is 13.1 Å². The van der Waals surface area contributed by atoms with Crippen LogP contribution in [0.2, 0.25) is 0 Å². The topological polar surface area (TPSA) is 84.7 Å². The summed E-state index contributed by atoms with van der Waals surface area (Å²) in [5, 5.41) is 2.90. The van der Waals surface area contributed by atoms with Gasteiger partial charge in [-0.15, -0.1) is 0 Å². The minimum atomic E-state index is -0.705. The highest BCUT2D eigenvalue weighted by atomic mass is 16.5. The van der Waals surface area contributed by atoms with Crippen LogP contribution < -0.4 is 15.8 Å². The summed E-state index contributed by atoms with van der Waals surface area (Å²) >= 11 is 0. The monoisotopic (exact) mass is 439 g/mol. The molecule has 6 heteroatoms. The summed E-state index contributed by atoms with van der Waals surface area (Å²) in [5.41, 5.74) is 7.76. The third-order valence-electron chi connectivity index (χ3n) is 5.52. The van der Waals surface area contributed by atoms with E-state index in [1.807, 2.05) is 89.2 Å². The summed E-state index contributed by atoms with van der Waals surface area (Å²) < 4.78 is 5.84. The van der Waals surface area contributed by atoms with Gasteiger partial charge in [-0.2, -0.15) is 0 Å². The highest BCUT2D eigenvalue weighted by Gasteiger charge is 2.32. The molecule has 2 rings (SSSR count). The number of ether oxygens (including phenoxy) is 1. The Kier molecular flexibility index (Phi) is 9.27. The Morgan fingerprint density at radius 3 is 2.09 bits per heavy atom. The van der Waals surface area contributed by atoms with Gasteiger partial charge < -0.3 is 20.7 Å². The summed E-state index contributed by atoms with van der Waals surface area (Å²) in [5.74, 6) is 0.336. The Hall–Kier alpha value is -2.86. The minimum Gasteiger partial charge on any atom is -0.489 e. The van der Waals surface area contributed by atoms with Crippen LogP contribution >= 0.6 is 0 Å². The Labute approximate surface area is 192 Å². The van der Waals surface area contributed by atoms with Crippen molar-refractivity contribution < 1.29 is 14.3 Å². The maximum absolute atomic E-state index is 13.1. The van der Waals surface area contributed by atoms with Crippen LogP contribution in [0.3, 0.4) is 0 Å². The molecule has 2 amide bonds. The van der Waals surface area contributed by atoms with Crippen molar-refractivity contribution in [1.29, 1.82) is 0 Å². The molecule has 174 valence electrons. The first-order valence-corrected chi connectivity index (χ1v) is 11.3. The second kappa shape index (κ2) is 11.7. The number of hydrogen-bond acceptors (Lipinski definition) is 4. The number of nitrogens with two attached hydrogens (primary N) is 1. The third-order valence-corrected chi connectivity index (χ3v) is 5.52. The zero-order valence-corrected chi connectivity index (χ0v) is 19.9. The molecule has 2 atom stereocenters. The predicted octanol–water partition coefficient (Wildman–Crippen LogP) is 3.53. The molecule has 0 saturated heterocycles. The van der Waals surface area contributed by atoms with Crippen molar-refractivity contribution in [3.05, 3.63) is 65.7 Å². The van der Waals surface area contributed by atoms with E-state index in [9.17, 15) is 9.59 Å². The standard InChI is InChI=1S/C26H37N3O3/c1-6-29(7-2)25(31)22(28-24(30)23(27)26(3,4)5)17-19-13-15-21(16-14-19)32-18-20-11-9-8-10-12-20/h8-16,22-23H,6-7,17-18,27H2,1-5H3,(H,28,30). The van der Waals surface area contributed by atoms with Crippen molar-refractivity contribution in [3.63, 3.8) is 0 Å². The van der Waals surface area contributed by atoms with E-state index in [1.165, 1.54) is 0 Å². The van der Waals surface area contributed by atoms with Crippen molar-refractivity contribution in [2.24, 2.45) is 11.1 Å². The molecule has 0 spiro atoms. The van der Waals surface area contributed by atoms with Crippen LogP contribution in [-0.2, 0) is 22.6 Å². The van der Waals surface area contributed by atoms with Gasteiger partial charge in [0.05, 0.1) is 6.04 Å². The number of carbonyl (C=O) groups excluding carboxylic acids is 2. The van der Waals surface area contributed by atoms with Crippen molar-refractivity contribution in [1.82, 2.24) is 10.2 Å². The van der Waals surface area contributed by atoms with Gasteiger partial charge in [0.2, 0.25) is 11.8 Å². The zero-order chi connectivity index (χ0) is 23.7. The highest BCUT2D eigenvalue weighted by molar-refractivity contribution is 5.90. The van der Waals surface area contributed by atoms with E-state index >= 15 is 0 Å². The molecule has 2 aromatic rings. The largest absolute Gasteiger partial charge is 0.489 e. The van der Waals surface area contributed by atoms with E-state index in [4.69, 9.17) is 10.5 Å². The number of nitrogens with one attached hydrogen (secondary N) is 1. The molecule has 0 aromatic heterocycles. The molecule has 6 nitrogen and oxygen atoms in total. The maximum Gasteiger partial charge on any atom is 0.245 e. The van der Waals surface area contributed by atoms with Crippen LogP contribution in [-0.4, -0.2) is 41.9 Å². The van der Waals surface area contributed by atoms with Crippen LogP contribution in [0.5, 0.6) is 5.75 Å². The average Bonchev–Trinajstić information content (AvgIpc) is 2.78. The van der Waals surface area contributed by atoms with Crippen LogP contribution in [0.25, 0.3) is 0 Å². The summed E-state index contributed by atoms with van der Waals surface area (Å²) in [6.07, 6.45) is 0.386. The Morgan fingerprint density at radius 2 is 1.56 bits per heavy atom. The number of carbonyl (C=O) groups is 2. The van der Waals surface area contributed by atoms with E-state index < -0.39 is 17.5 Å². The van der Waals surface area contributed by atoms with E-state index in [0.717, 1.165) is 16.9 Å². The molecule has 0 aliphatic carbocycles. The fourth-order valence-electron chi connectivity index (χ4n) is 3.31. The van der Waals surface area contributed by atoms with E-state index in [-0.39, 0.29) is 11.8 Å². The molecule has 0 bridgehead atoms. The van der Waals surface area contributed by atoms with Gasteiger partial charge >= 0.3 is 0 Å².